The molecule has 0 N–H and O–H groups in total. The van der Waals surface area contributed by atoms with Crippen molar-refractivity contribution in [3.05, 3.63) is 68.9 Å². The second-order valence-electron chi connectivity index (χ2n) is 9.77. The normalized spacial score (nSPS) is 22.2. The Morgan fingerprint density at radius 1 is 1.24 bits per heavy atom. The SMILES string of the molecule is Cc1cc(C)n(CC(=O)N2CCC(c3nc(C4=NO[C@]5(CCc6ccccc65)C4)cs3)CC2)n1. The molecule has 0 radical (unpaired) electrons. The Morgan fingerprint density at radius 2 is 2.06 bits per heavy atom. The molecule has 0 bridgehead atoms. The smallest absolute Gasteiger partial charge is 0.244 e. The maximum atomic E-state index is 12.8. The lowest BCUT2D eigenvalue weighted by molar-refractivity contribution is -0.133. The van der Waals surface area contributed by atoms with E-state index in [4.69, 9.17) is 9.82 Å². The van der Waals surface area contributed by atoms with Crippen molar-refractivity contribution in [2.75, 3.05) is 13.1 Å². The number of carbonyl (C=O) groups is 1. The molecule has 1 amide bonds. The Bertz CT molecular complexity index is 1270. The first kappa shape index (κ1) is 21.5. The van der Waals surface area contributed by atoms with Crippen LogP contribution in [0.1, 0.15) is 64.8 Å². The molecular weight excluding hydrogens is 446 g/mol. The number of carbonyl (C=O) groups excluding carboxylic acids is 1. The Labute approximate surface area is 203 Å². The molecule has 2 aliphatic heterocycles. The van der Waals surface area contributed by atoms with E-state index in [-0.39, 0.29) is 11.5 Å². The molecule has 1 spiro atoms. The van der Waals surface area contributed by atoms with Crippen LogP contribution < -0.4 is 0 Å². The maximum Gasteiger partial charge on any atom is 0.244 e. The summed E-state index contributed by atoms with van der Waals surface area (Å²) >= 11 is 1.71. The number of thiazole rings is 1. The second-order valence-corrected chi connectivity index (χ2v) is 10.7. The first-order valence-corrected chi connectivity index (χ1v) is 13.0. The van der Waals surface area contributed by atoms with Crippen LogP contribution in [0.15, 0.2) is 40.9 Å². The average Bonchev–Trinajstić information content (AvgIpc) is 3.63. The van der Waals surface area contributed by atoms with Crippen LogP contribution >= 0.6 is 11.3 Å². The molecule has 3 aliphatic rings. The number of oxime groups is 1. The van der Waals surface area contributed by atoms with Crippen LogP contribution in [0.3, 0.4) is 0 Å². The third-order valence-corrected chi connectivity index (χ3v) is 8.50. The summed E-state index contributed by atoms with van der Waals surface area (Å²) in [6.07, 6.45) is 4.68. The maximum absolute atomic E-state index is 12.8. The minimum Gasteiger partial charge on any atom is -0.384 e. The monoisotopic (exact) mass is 475 g/mol. The zero-order chi connectivity index (χ0) is 23.3. The summed E-state index contributed by atoms with van der Waals surface area (Å²) in [5, 5.41) is 12.2. The van der Waals surface area contributed by atoms with Gasteiger partial charge in [-0.1, -0.05) is 29.4 Å². The van der Waals surface area contributed by atoms with Gasteiger partial charge in [0.15, 0.2) is 5.60 Å². The summed E-state index contributed by atoms with van der Waals surface area (Å²) in [4.78, 5) is 25.8. The fourth-order valence-corrected chi connectivity index (χ4v) is 6.59. The minimum absolute atomic E-state index is 0.143. The fourth-order valence-electron chi connectivity index (χ4n) is 5.59. The van der Waals surface area contributed by atoms with Crippen LogP contribution in [0.4, 0.5) is 0 Å². The fraction of sp³-hybridized carbons (Fsp3) is 0.462. The highest BCUT2D eigenvalue weighted by molar-refractivity contribution is 7.10. The van der Waals surface area contributed by atoms with Crippen LogP contribution in [0.25, 0.3) is 0 Å². The van der Waals surface area contributed by atoms with Crippen molar-refractivity contribution in [1.29, 1.82) is 0 Å². The number of fused-ring (bicyclic) bond motifs is 2. The topological polar surface area (TPSA) is 72.6 Å². The van der Waals surface area contributed by atoms with Gasteiger partial charge in [-0.2, -0.15) is 5.10 Å². The first-order valence-electron chi connectivity index (χ1n) is 12.1. The molecule has 1 saturated heterocycles. The van der Waals surface area contributed by atoms with Crippen LogP contribution in [0.2, 0.25) is 0 Å². The van der Waals surface area contributed by atoms with E-state index in [1.165, 1.54) is 11.1 Å². The number of nitrogens with zero attached hydrogens (tertiary/aromatic N) is 5. The Balaban J connectivity index is 1.07. The molecule has 1 atom stereocenters. The van der Waals surface area contributed by atoms with Gasteiger partial charge < -0.3 is 9.74 Å². The number of piperidine rings is 1. The lowest BCUT2D eigenvalue weighted by Crippen LogP contribution is -2.40. The summed E-state index contributed by atoms with van der Waals surface area (Å²) in [5.74, 6) is 0.532. The van der Waals surface area contributed by atoms with E-state index in [9.17, 15) is 4.79 Å². The molecule has 34 heavy (non-hydrogen) atoms. The van der Waals surface area contributed by atoms with Crippen LogP contribution in [0, 0.1) is 13.8 Å². The molecule has 6 rings (SSSR count). The Kier molecular flexibility index (Phi) is 5.28. The van der Waals surface area contributed by atoms with Gasteiger partial charge in [-0.25, -0.2) is 4.98 Å². The van der Waals surface area contributed by atoms with Crippen molar-refractivity contribution in [3.8, 4) is 0 Å². The van der Waals surface area contributed by atoms with E-state index in [0.717, 1.165) is 73.0 Å². The lowest BCUT2D eigenvalue weighted by atomic mass is 9.90. The van der Waals surface area contributed by atoms with Crippen LogP contribution in [-0.2, 0) is 28.2 Å². The van der Waals surface area contributed by atoms with E-state index in [0.29, 0.717) is 12.5 Å². The largest absolute Gasteiger partial charge is 0.384 e. The number of hydrogen-bond acceptors (Lipinski definition) is 6. The first-order chi connectivity index (χ1) is 16.5. The van der Waals surface area contributed by atoms with E-state index >= 15 is 0 Å². The predicted molar refractivity (Wildman–Crippen MR) is 131 cm³/mol. The number of likely N-dealkylation sites (tertiary alicyclic amines) is 1. The Hall–Kier alpha value is -3.00. The number of hydrogen-bond donors (Lipinski definition) is 0. The van der Waals surface area contributed by atoms with E-state index in [1.807, 2.05) is 24.8 Å². The van der Waals surface area contributed by atoms with Gasteiger partial charge in [-0.05, 0) is 51.2 Å². The number of benzene rings is 1. The molecule has 176 valence electrons. The molecular formula is C26H29N5O2S. The summed E-state index contributed by atoms with van der Waals surface area (Å²) in [7, 11) is 0. The number of amides is 1. The highest BCUT2D eigenvalue weighted by atomic mass is 32.1. The van der Waals surface area contributed by atoms with Crippen molar-refractivity contribution in [3.63, 3.8) is 0 Å². The predicted octanol–water partition coefficient (Wildman–Crippen LogP) is 4.33. The molecule has 1 fully saturated rings. The molecule has 0 saturated carbocycles. The molecule has 7 nitrogen and oxygen atoms in total. The highest BCUT2D eigenvalue weighted by Gasteiger charge is 2.46. The third kappa shape index (κ3) is 3.74. The zero-order valence-corrected chi connectivity index (χ0v) is 20.5. The van der Waals surface area contributed by atoms with Crippen LogP contribution in [0.5, 0.6) is 0 Å². The Morgan fingerprint density at radius 3 is 2.85 bits per heavy atom. The van der Waals surface area contributed by atoms with Gasteiger partial charge in [0, 0.05) is 42.1 Å². The lowest BCUT2D eigenvalue weighted by Gasteiger charge is -2.31. The van der Waals surface area contributed by atoms with Gasteiger partial charge in [-0.3, -0.25) is 9.48 Å². The summed E-state index contributed by atoms with van der Waals surface area (Å²) in [6, 6.07) is 10.6. The summed E-state index contributed by atoms with van der Waals surface area (Å²) in [6.45, 7) is 5.80. The molecule has 8 heteroatoms. The third-order valence-electron chi connectivity index (χ3n) is 7.49. The summed E-state index contributed by atoms with van der Waals surface area (Å²) < 4.78 is 1.80. The van der Waals surface area contributed by atoms with Crippen LogP contribution in [-0.4, -0.2) is 44.4 Å². The minimum atomic E-state index is -0.313. The van der Waals surface area contributed by atoms with Crippen molar-refractivity contribution in [2.24, 2.45) is 5.16 Å². The van der Waals surface area contributed by atoms with Crippen molar-refractivity contribution < 1.29 is 9.63 Å². The second kappa shape index (κ2) is 8.34. The summed E-state index contributed by atoms with van der Waals surface area (Å²) in [5.41, 5.74) is 6.22. The molecule has 1 aromatic carbocycles. The van der Waals surface area contributed by atoms with Gasteiger partial charge >= 0.3 is 0 Å². The van der Waals surface area contributed by atoms with Gasteiger partial charge in [0.1, 0.15) is 12.3 Å². The van der Waals surface area contributed by atoms with Gasteiger partial charge in [-0.15, -0.1) is 11.3 Å². The molecule has 1 aliphatic carbocycles. The van der Waals surface area contributed by atoms with Crippen molar-refractivity contribution >= 4 is 23.0 Å². The standard InChI is InChI=1S/C26H29N5O2S/c1-17-13-18(2)31(28-17)15-24(32)30-11-8-20(9-12-30)25-27-23(16-34-25)22-14-26(33-29-22)10-7-19-5-3-4-6-21(19)26/h3-6,13,16,20H,7-12,14-15H2,1-2H3/t26-/m1/s1. The molecule has 3 aromatic rings. The number of aromatic nitrogens is 3. The van der Waals surface area contributed by atoms with Gasteiger partial charge in [0.05, 0.1) is 16.4 Å². The van der Waals surface area contributed by atoms with Crippen molar-refractivity contribution in [1.82, 2.24) is 19.7 Å². The highest BCUT2D eigenvalue weighted by Crippen LogP contribution is 2.46. The van der Waals surface area contributed by atoms with Gasteiger partial charge in [0.25, 0.3) is 0 Å². The molecule has 2 aromatic heterocycles. The van der Waals surface area contributed by atoms with E-state index in [1.54, 1.807) is 16.0 Å². The van der Waals surface area contributed by atoms with E-state index < -0.39 is 0 Å². The van der Waals surface area contributed by atoms with Gasteiger partial charge in [0.2, 0.25) is 5.91 Å². The quantitative estimate of drug-likeness (QED) is 0.563. The molecule has 0 unspecified atom stereocenters. The van der Waals surface area contributed by atoms with Crippen molar-refractivity contribution in [2.45, 2.75) is 64.0 Å². The molecule has 4 heterocycles. The number of aryl methyl sites for hydroxylation is 3. The average molecular weight is 476 g/mol. The number of rotatable bonds is 4. The van der Waals surface area contributed by atoms with E-state index in [2.05, 4.69) is 39.9 Å². The zero-order valence-electron chi connectivity index (χ0n) is 19.7.